The summed E-state index contributed by atoms with van der Waals surface area (Å²) in [4.78, 5) is 47.1. The Hall–Kier alpha value is -3.78. The number of benzene rings is 1. The zero-order chi connectivity index (χ0) is 42.5. The molecule has 1 aromatic carbocycles. The third-order valence-corrected chi connectivity index (χ3v) is 9.58. The molecule has 1 N–H and O–H groups in total. The van der Waals surface area contributed by atoms with Gasteiger partial charge in [0.1, 0.15) is 17.9 Å². The molecule has 0 atom stereocenters. The second-order valence-electron chi connectivity index (χ2n) is 14.2. The molecule has 1 saturated carbocycles. The van der Waals surface area contributed by atoms with E-state index < -0.39 is 5.97 Å². The Kier molecular flexibility index (Phi) is 24.7. The van der Waals surface area contributed by atoms with E-state index in [0.29, 0.717) is 142 Å². The highest BCUT2D eigenvalue weighted by molar-refractivity contribution is 5.87. The molecule has 0 aliphatic heterocycles. The lowest BCUT2D eigenvalue weighted by Gasteiger charge is -2.22. The fourth-order valence-electron chi connectivity index (χ4n) is 6.47. The van der Waals surface area contributed by atoms with Gasteiger partial charge >= 0.3 is 11.7 Å². The number of methoxy groups -OCH3 is 1. The number of carbonyl (C=O) groups is 1. The summed E-state index contributed by atoms with van der Waals surface area (Å²) in [7, 11) is 1.64. The predicted molar refractivity (Wildman–Crippen MR) is 225 cm³/mol. The first-order valence-corrected chi connectivity index (χ1v) is 21.3. The molecule has 2 heterocycles. The van der Waals surface area contributed by atoms with E-state index in [1.165, 1.54) is 17.1 Å². The summed E-state index contributed by atoms with van der Waals surface area (Å²) in [5.74, 6) is 0.356. The number of carbonyl (C=O) groups excluding carboxylic acids is 1. The largest absolute Gasteiger partial charge is 0.460 e. The molecular formula is C43H66N4O13. The number of imidazole rings is 1. The van der Waals surface area contributed by atoms with Crippen LogP contribution < -0.4 is 11.2 Å². The van der Waals surface area contributed by atoms with Gasteiger partial charge in [0.2, 0.25) is 0 Å². The molecule has 3 aromatic rings. The van der Waals surface area contributed by atoms with Crippen molar-refractivity contribution in [2.45, 2.75) is 58.5 Å². The van der Waals surface area contributed by atoms with Crippen molar-refractivity contribution in [3.63, 3.8) is 0 Å². The molecule has 0 spiro atoms. The Bertz CT molecular complexity index is 1750. The quantitative estimate of drug-likeness (QED) is 0.0520. The van der Waals surface area contributed by atoms with Crippen molar-refractivity contribution in [1.29, 1.82) is 0 Å². The van der Waals surface area contributed by atoms with Crippen LogP contribution in [-0.2, 0) is 65.3 Å². The first-order valence-electron chi connectivity index (χ1n) is 21.3. The third kappa shape index (κ3) is 18.5. The smallest absolute Gasteiger partial charge is 0.332 e. The summed E-state index contributed by atoms with van der Waals surface area (Å²) in [6, 6.07) is 7.39. The molecule has 0 unspecified atom stereocenters. The highest BCUT2D eigenvalue weighted by atomic mass is 16.6. The molecule has 0 bridgehead atoms. The Morgan fingerprint density at radius 1 is 0.683 bits per heavy atom. The molecule has 17 heteroatoms. The van der Waals surface area contributed by atoms with Gasteiger partial charge in [-0.3, -0.25) is 13.9 Å². The van der Waals surface area contributed by atoms with Crippen LogP contribution in [0, 0.1) is 5.92 Å². The van der Waals surface area contributed by atoms with Crippen LogP contribution in [0.1, 0.15) is 51.0 Å². The molecule has 60 heavy (non-hydrogen) atoms. The number of nitrogens with one attached hydrogen (secondary N) is 1. The number of rotatable bonds is 34. The van der Waals surface area contributed by atoms with E-state index >= 15 is 0 Å². The lowest BCUT2D eigenvalue weighted by molar-refractivity contribution is -0.139. The van der Waals surface area contributed by atoms with Crippen LogP contribution >= 0.6 is 0 Å². The second kappa shape index (κ2) is 30.3. The van der Waals surface area contributed by atoms with Crippen molar-refractivity contribution in [1.82, 2.24) is 19.1 Å². The number of fused-ring (bicyclic) bond motifs is 1. The van der Waals surface area contributed by atoms with Crippen LogP contribution in [0.25, 0.3) is 28.6 Å². The summed E-state index contributed by atoms with van der Waals surface area (Å²) >= 11 is 0. The van der Waals surface area contributed by atoms with Crippen molar-refractivity contribution in [2.75, 3.05) is 126 Å². The number of nitrogens with zero attached hydrogens (tertiary/aromatic N) is 3. The normalized spacial score (nSPS) is 13.6. The van der Waals surface area contributed by atoms with Crippen LogP contribution in [0.2, 0.25) is 0 Å². The highest BCUT2D eigenvalue weighted by Gasteiger charge is 2.21. The molecule has 0 saturated heterocycles. The van der Waals surface area contributed by atoms with E-state index in [9.17, 15) is 14.4 Å². The summed E-state index contributed by atoms with van der Waals surface area (Å²) in [6.07, 6.45) is 9.31. The summed E-state index contributed by atoms with van der Waals surface area (Å²) < 4.78 is 56.7. The van der Waals surface area contributed by atoms with Gasteiger partial charge in [-0.1, -0.05) is 50.5 Å². The minimum absolute atomic E-state index is 0.115. The molecular weight excluding hydrogens is 780 g/mol. The van der Waals surface area contributed by atoms with Gasteiger partial charge in [0, 0.05) is 31.8 Å². The van der Waals surface area contributed by atoms with E-state index in [1.54, 1.807) is 17.8 Å². The fourth-order valence-corrected chi connectivity index (χ4v) is 6.47. The van der Waals surface area contributed by atoms with Gasteiger partial charge < -0.3 is 52.4 Å². The van der Waals surface area contributed by atoms with Crippen LogP contribution in [0.15, 0.2) is 39.9 Å². The molecule has 0 radical (unpaired) electrons. The SMILES string of the molecule is CCCn1c(=O)n(CC2CCCCC2)c(=O)c2[nH]c(-c3ccc(/C=C/C(=O)OCCOCCOCCOCCOCCOCCOCCOCCOCCOC)cc3)nc21. The minimum atomic E-state index is -0.484. The van der Waals surface area contributed by atoms with E-state index in [1.807, 2.05) is 31.2 Å². The Labute approximate surface area is 352 Å². The molecule has 4 rings (SSSR count). The van der Waals surface area contributed by atoms with Gasteiger partial charge in [0.25, 0.3) is 5.56 Å². The average molecular weight is 847 g/mol. The van der Waals surface area contributed by atoms with E-state index in [0.717, 1.165) is 43.2 Å². The zero-order valence-electron chi connectivity index (χ0n) is 35.6. The average Bonchev–Trinajstić information content (AvgIpc) is 3.72. The lowest BCUT2D eigenvalue weighted by atomic mass is 9.89. The molecule has 2 aromatic heterocycles. The fraction of sp³-hybridized carbons (Fsp3) is 0.674. The first kappa shape index (κ1) is 48.9. The number of aromatic amines is 1. The Morgan fingerprint density at radius 2 is 1.17 bits per heavy atom. The van der Waals surface area contributed by atoms with Crippen LogP contribution in [-0.4, -0.2) is 151 Å². The van der Waals surface area contributed by atoms with E-state index in [4.69, 9.17) is 47.4 Å². The summed E-state index contributed by atoms with van der Waals surface area (Å²) in [5.41, 5.74) is 1.63. The minimum Gasteiger partial charge on any atom is -0.460 e. The summed E-state index contributed by atoms with van der Waals surface area (Å²) in [5, 5.41) is 0. The first-order chi connectivity index (χ1) is 29.5. The number of esters is 1. The number of H-pyrrole nitrogens is 1. The maximum absolute atomic E-state index is 13.5. The molecule has 1 aliphatic carbocycles. The number of aryl methyl sites for hydroxylation is 1. The van der Waals surface area contributed by atoms with Crippen molar-refractivity contribution < 1.29 is 52.2 Å². The second-order valence-corrected chi connectivity index (χ2v) is 14.2. The van der Waals surface area contributed by atoms with E-state index in [2.05, 4.69) is 9.97 Å². The van der Waals surface area contributed by atoms with Crippen LogP contribution in [0.5, 0.6) is 0 Å². The van der Waals surface area contributed by atoms with Crippen LogP contribution in [0.4, 0.5) is 0 Å². The number of ether oxygens (including phenoxy) is 10. The number of aromatic nitrogens is 4. The Balaban J connectivity index is 0.983. The van der Waals surface area contributed by atoms with Gasteiger partial charge in [0.05, 0.1) is 112 Å². The molecule has 17 nitrogen and oxygen atoms in total. The van der Waals surface area contributed by atoms with Gasteiger partial charge in [-0.15, -0.1) is 0 Å². The zero-order valence-corrected chi connectivity index (χ0v) is 35.6. The number of hydrogen-bond acceptors (Lipinski definition) is 14. The van der Waals surface area contributed by atoms with Crippen molar-refractivity contribution in [2.24, 2.45) is 5.92 Å². The maximum atomic E-state index is 13.5. The lowest BCUT2D eigenvalue weighted by Crippen LogP contribution is -2.41. The van der Waals surface area contributed by atoms with Gasteiger partial charge in [0.15, 0.2) is 5.65 Å². The van der Waals surface area contributed by atoms with Crippen molar-refractivity contribution in [3.05, 3.63) is 56.7 Å². The maximum Gasteiger partial charge on any atom is 0.332 e. The highest BCUT2D eigenvalue weighted by Crippen LogP contribution is 2.25. The summed E-state index contributed by atoms with van der Waals surface area (Å²) in [6.45, 7) is 11.0. The van der Waals surface area contributed by atoms with Crippen molar-refractivity contribution in [3.8, 4) is 11.4 Å². The standard InChI is InChI=1S/C43H66N4O13/c1-3-15-46-41-39(42(49)47(43(46)50)34-36-7-5-4-6-8-36)44-40(45-41)37-12-9-35(10-13-37)11-14-38(48)60-33-32-59-31-30-58-29-28-57-27-26-56-25-24-55-23-22-54-21-20-53-19-18-52-17-16-51-2/h9-14,36H,3-8,15-34H2,1-2H3,(H,44,45)/b14-11+. The monoisotopic (exact) mass is 846 g/mol. The molecule has 0 amide bonds. The van der Waals surface area contributed by atoms with E-state index in [-0.39, 0.29) is 24.5 Å². The molecule has 1 fully saturated rings. The van der Waals surface area contributed by atoms with Crippen LogP contribution in [0.3, 0.4) is 0 Å². The molecule has 1 aliphatic rings. The topological polar surface area (TPSA) is 182 Å². The predicted octanol–water partition coefficient (Wildman–Crippen LogP) is 3.88. The number of hydrogen-bond donors (Lipinski definition) is 1. The third-order valence-electron chi connectivity index (χ3n) is 9.58. The molecule has 336 valence electrons. The Morgan fingerprint density at radius 3 is 1.65 bits per heavy atom. The van der Waals surface area contributed by atoms with Gasteiger partial charge in [-0.05, 0) is 36.8 Å². The van der Waals surface area contributed by atoms with Crippen molar-refractivity contribution >= 4 is 23.2 Å². The van der Waals surface area contributed by atoms with Gasteiger partial charge in [-0.2, -0.15) is 0 Å². The van der Waals surface area contributed by atoms with Gasteiger partial charge in [-0.25, -0.2) is 14.6 Å².